The van der Waals surface area contributed by atoms with Gasteiger partial charge in [-0.05, 0) is 24.8 Å². The number of unbranched alkanes of at least 4 members (excludes halogenated alkanes) is 3. The third-order valence-corrected chi connectivity index (χ3v) is 4.42. The molecule has 0 bridgehead atoms. The van der Waals surface area contributed by atoms with Gasteiger partial charge in [0.05, 0.1) is 5.70 Å². The van der Waals surface area contributed by atoms with Crippen LogP contribution in [0.25, 0.3) is 0 Å². The number of hydrogen-bond acceptors (Lipinski definition) is 5. The van der Waals surface area contributed by atoms with Crippen LogP contribution in [0.2, 0.25) is 0 Å². The molecule has 3 N–H and O–H groups in total. The molecular weight excluding hydrogens is 300 g/mol. The van der Waals surface area contributed by atoms with E-state index in [9.17, 15) is 4.79 Å². The molecule has 0 saturated carbocycles. The number of Topliss-reactive ketones (excluding diaryl/α,β-unsaturated/α-hetero) is 1. The molecule has 2 heterocycles. The number of nitrogens with one attached hydrogen (secondary N) is 3. The fourth-order valence-corrected chi connectivity index (χ4v) is 2.92. The van der Waals surface area contributed by atoms with E-state index in [0.717, 1.165) is 23.6 Å². The Labute approximate surface area is 146 Å². The summed E-state index contributed by atoms with van der Waals surface area (Å²) >= 11 is 0. The van der Waals surface area contributed by atoms with E-state index in [2.05, 4.69) is 36.3 Å². The Morgan fingerprint density at radius 3 is 2.79 bits per heavy atom. The first kappa shape index (κ1) is 18.6. The number of hydrazine groups is 2. The highest BCUT2D eigenvalue weighted by Gasteiger charge is 2.18. The predicted molar refractivity (Wildman–Crippen MR) is 98.2 cm³/mol. The molecule has 5 heteroatoms. The van der Waals surface area contributed by atoms with Crippen molar-refractivity contribution in [3.63, 3.8) is 0 Å². The van der Waals surface area contributed by atoms with E-state index in [1.54, 1.807) is 0 Å². The maximum Gasteiger partial charge on any atom is 0.160 e. The van der Waals surface area contributed by atoms with Gasteiger partial charge in [0, 0.05) is 36.6 Å². The maximum atomic E-state index is 11.9. The van der Waals surface area contributed by atoms with Gasteiger partial charge in [0.25, 0.3) is 0 Å². The number of ketones is 1. The largest absolute Gasteiger partial charge is 0.385 e. The third-order valence-electron chi connectivity index (χ3n) is 4.42. The van der Waals surface area contributed by atoms with Gasteiger partial charge in [0.2, 0.25) is 0 Å². The molecule has 0 radical (unpaired) electrons. The van der Waals surface area contributed by atoms with Gasteiger partial charge < -0.3 is 10.7 Å². The molecule has 134 valence electrons. The van der Waals surface area contributed by atoms with Crippen molar-refractivity contribution in [2.45, 2.75) is 65.7 Å². The van der Waals surface area contributed by atoms with Crippen molar-refractivity contribution >= 4 is 5.78 Å². The summed E-state index contributed by atoms with van der Waals surface area (Å²) in [5.41, 5.74) is 9.36. The first-order valence-corrected chi connectivity index (χ1v) is 9.29. The van der Waals surface area contributed by atoms with E-state index in [1.807, 2.05) is 24.2 Å². The molecule has 0 aromatic rings. The summed E-state index contributed by atoms with van der Waals surface area (Å²) in [6, 6.07) is 0. The summed E-state index contributed by atoms with van der Waals surface area (Å²) in [6.45, 7) is 7.09. The summed E-state index contributed by atoms with van der Waals surface area (Å²) in [5.74, 6) is 1.02. The fraction of sp³-hybridized carbons (Fsp3) is 0.632. The number of carbonyl (C=O) groups is 1. The van der Waals surface area contributed by atoms with Crippen LogP contribution in [0.1, 0.15) is 65.7 Å². The zero-order valence-corrected chi connectivity index (χ0v) is 15.3. The van der Waals surface area contributed by atoms with Gasteiger partial charge in [-0.25, -0.2) is 0 Å². The van der Waals surface area contributed by atoms with Crippen molar-refractivity contribution in [1.29, 1.82) is 0 Å². The molecule has 0 aromatic heterocycles. The second kappa shape index (κ2) is 9.52. The molecule has 2 aliphatic heterocycles. The van der Waals surface area contributed by atoms with Crippen molar-refractivity contribution in [1.82, 2.24) is 21.3 Å². The van der Waals surface area contributed by atoms with Crippen molar-refractivity contribution < 1.29 is 4.79 Å². The number of nitrogens with zero attached hydrogens (tertiary/aromatic N) is 1. The van der Waals surface area contributed by atoms with Crippen LogP contribution in [0.3, 0.4) is 0 Å². The predicted octanol–water partition coefficient (Wildman–Crippen LogP) is 3.50. The summed E-state index contributed by atoms with van der Waals surface area (Å²) in [5, 5.41) is 5.11. The van der Waals surface area contributed by atoms with Gasteiger partial charge >= 0.3 is 0 Å². The molecule has 0 aliphatic carbocycles. The number of carbonyl (C=O) groups excluding carboxylic acids is 1. The van der Waals surface area contributed by atoms with Gasteiger partial charge in [-0.3, -0.25) is 9.80 Å². The Bertz CT molecular complexity index is 519. The average Bonchev–Trinajstić information content (AvgIpc) is 3.06. The van der Waals surface area contributed by atoms with Crippen LogP contribution >= 0.6 is 0 Å². The van der Waals surface area contributed by atoms with Crippen molar-refractivity contribution in [3.8, 4) is 0 Å². The van der Waals surface area contributed by atoms with Crippen LogP contribution < -0.4 is 16.3 Å². The minimum Gasteiger partial charge on any atom is -0.385 e. The molecule has 0 saturated heterocycles. The number of hydrogen-bond donors (Lipinski definition) is 3. The van der Waals surface area contributed by atoms with E-state index in [4.69, 9.17) is 0 Å². The molecule has 0 amide bonds. The lowest BCUT2D eigenvalue weighted by Gasteiger charge is -2.21. The minimum atomic E-state index is 0.200. The first-order valence-electron chi connectivity index (χ1n) is 9.29. The molecular formula is C19H32N4O. The Morgan fingerprint density at radius 1 is 1.25 bits per heavy atom. The van der Waals surface area contributed by atoms with Crippen molar-refractivity contribution in [3.05, 3.63) is 35.4 Å². The SMILES string of the molecule is CCC(=O)C1=CC(N2C=C(CCCCCCC(C)C)NN2)=CNC1. The summed E-state index contributed by atoms with van der Waals surface area (Å²) < 4.78 is 0. The third kappa shape index (κ3) is 5.71. The summed E-state index contributed by atoms with van der Waals surface area (Å²) in [7, 11) is 0. The molecule has 5 nitrogen and oxygen atoms in total. The Balaban J connectivity index is 1.76. The number of dihydropyridines is 1. The molecule has 0 spiro atoms. The highest BCUT2D eigenvalue weighted by Crippen LogP contribution is 2.18. The molecule has 24 heavy (non-hydrogen) atoms. The van der Waals surface area contributed by atoms with E-state index in [0.29, 0.717) is 13.0 Å². The average molecular weight is 332 g/mol. The van der Waals surface area contributed by atoms with E-state index in [1.165, 1.54) is 37.8 Å². The zero-order chi connectivity index (χ0) is 17.4. The van der Waals surface area contributed by atoms with E-state index < -0.39 is 0 Å². The monoisotopic (exact) mass is 332 g/mol. The molecule has 2 rings (SSSR count). The van der Waals surface area contributed by atoms with E-state index >= 15 is 0 Å². The highest BCUT2D eigenvalue weighted by atomic mass is 16.1. The molecule has 2 aliphatic rings. The van der Waals surface area contributed by atoms with E-state index in [-0.39, 0.29) is 5.78 Å². The van der Waals surface area contributed by atoms with Gasteiger partial charge in [0.15, 0.2) is 5.78 Å². The highest BCUT2D eigenvalue weighted by molar-refractivity contribution is 5.96. The van der Waals surface area contributed by atoms with Crippen molar-refractivity contribution in [2.75, 3.05) is 6.54 Å². The van der Waals surface area contributed by atoms with Gasteiger partial charge in [-0.2, -0.15) is 0 Å². The Kier molecular flexibility index (Phi) is 7.37. The zero-order valence-electron chi connectivity index (χ0n) is 15.3. The number of allylic oxidation sites excluding steroid dienone is 2. The van der Waals surface area contributed by atoms with Gasteiger partial charge in [0.1, 0.15) is 0 Å². The standard InChI is InChI=1S/C19H32N4O/c1-4-19(24)16-11-18(13-20-12-16)23-14-17(21-22-23)10-8-6-5-7-9-15(2)3/h11,13-15,20-22H,4-10,12H2,1-3H3. The van der Waals surface area contributed by atoms with Crippen LogP contribution in [0, 0.1) is 5.92 Å². The molecule has 0 atom stereocenters. The van der Waals surface area contributed by atoms with Gasteiger partial charge in [-0.15, -0.1) is 5.53 Å². The van der Waals surface area contributed by atoms with Crippen LogP contribution in [0.4, 0.5) is 0 Å². The smallest absolute Gasteiger partial charge is 0.160 e. The number of rotatable bonds is 10. The molecule has 0 aromatic carbocycles. The minimum absolute atomic E-state index is 0.200. The maximum absolute atomic E-state index is 11.9. The van der Waals surface area contributed by atoms with Crippen LogP contribution in [0.15, 0.2) is 35.4 Å². The first-order chi connectivity index (χ1) is 11.6. The lowest BCUT2D eigenvalue weighted by molar-refractivity contribution is -0.115. The topological polar surface area (TPSA) is 56.4 Å². The fourth-order valence-electron chi connectivity index (χ4n) is 2.92. The quantitative estimate of drug-likeness (QED) is 0.535. The van der Waals surface area contributed by atoms with Crippen LogP contribution in [0.5, 0.6) is 0 Å². The Hall–Kier alpha value is -1.75. The molecule has 0 unspecified atom stereocenters. The second-order valence-electron chi connectivity index (χ2n) is 7.00. The second-order valence-corrected chi connectivity index (χ2v) is 7.00. The van der Waals surface area contributed by atoms with Crippen LogP contribution in [-0.2, 0) is 4.79 Å². The van der Waals surface area contributed by atoms with Crippen LogP contribution in [-0.4, -0.2) is 17.3 Å². The lowest BCUT2D eigenvalue weighted by atomic mass is 10.0. The summed E-state index contributed by atoms with van der Waals surface area (Å²) in [6.07, 6.45) is 14.1. The Morgan fingerprint density at radius 2 is 2.04 bits per heavy atom. The lowest BCUT2D eigenvalue weighted by Crippen LogP contribution is -2.37. The van der Waals surface area contributed by atoms with Crippen molar-refractivity contribution in [2.24, 2.45) is 5.92 Å². The van der Waals surface area contributed by atoms with Gasteiger partial charge in [-0.1, -0.05) is 46.5 Å². The molecule has 0 fully saturated rings. The normalized spacial score (nSPS) is 17.2. The summed E-state index contributed by atoms with van der Waals surface area (Å²) in [4.78, 5) is 11.9.